The number of imidazole rings is 1. The summed E-state index contributed by atoms with van der Waals surface area (Å²) in [5.41, 5.74) is 2.17. The third-order valence-corrected chi connectivity index (χ3v) is 5.79. The van der Waals surface area contributed by atoms with Gasteiger partial charge in [0.25, 0.3) is 0 Å². The van der Waals surface area contributed by atoms with Crippen molar-refractivity contribution in [1.29, 1.82) is 0 Å². The van der Waals surface area contributed by atoms with E-state index >= 15 is 0 Å². The fourth-order valence-electron chi connectivity index (χ4n) is 3.83. The number of hydrogen-bond acceptors (Lipinski definition) is 2. The molecule has 26 heavy (non-hydrogen) atoms. The van der Waals surface area contributed by atoms with Crippen molar-refractivity contribution >= 4 is 28.7 Å². The molecule has 3 nitrogen and oxygen atoms in total. The number of rotatable bonds is 4. The molecule has 2 aromatic heterocycles. The average Bonchev–Trinajstić information content (AvgIpc) is 2.89. The maximum Gasteiger partial charge on any atom is 0.156 e. The molecule has 0 unspecified atom stereocenters. The van der Waals surface area contributed by atoms with Crippen LogP contribution in [-0.4, -0.2) is 9.38 Å². The van der Waals surface area contributed by atoms with Gasteiger partial charge in [-0.1, -0.05) is 61.0 Å². The van der Waals surface area contributed by atoms with Gasteiger partial charge < -0.3 is 9.14 Å². The Labute approximate surface area is 163 Å². The lowest BCUT2D eigenvalue weighted by molar-refractivity contribution is 0.307. The molecule has 1 aliphatic rings. The molecule has 1 fully saturated rings. The van der Waals surface area contributed by atoms with Crippen LogP contribution in [-0.2, 0) is 6.61 Å². The third-order valence-electron chi connectivity index (χ3n) is 5.20. The van der Waals surface area contributed by atoms with Crippen LogP contribution in [0.3, 0.4) is 0 Å². The molecular weight excluding hydrogens is 367 g/mol. The van der Waals surface area contributed by atoms with Crippen molar-refractivity contribution in [2.75, 3.05) is 0 Å². The lowest BCUT2D eigenvalue weighted by atomic mass is 9.99. The quantitative estimate of drug-likeness (QED) is 0.467. The zero-order chi connectivity index (χ0) is 17.9. The molecule has 0 N–H and O–H groups in total. The van der Waals surface area contributed by atoms with Crippen molar-refractivity contribution in [2.24, 2.45) is 0 Å². The summed E-state index contributed by atoms with van der Waals surface area (Å²) in [5, 5.41) is 1.05. The van der Waals surface area contributed by atoms with Gasteiger partial charge in [-0.15, -0.1) is 0 Å². The zero-order valence-corrected chi connectivity index (χ0v) is 16.1. The first-order chi connectivity index (χ1) is 12.7. The molecule has 0 saturated heterocycles. The van der Waals surface area contributed by atoms with Crippen LogP contribution >= 0.6 is 23.2 Å². The number of benzene rings is 1. The Morgan fingerprint density at radius 1 is 1.00 bits per heavy atom. The lowest BCUT2D eigenvalue weighted by Crippen LogP contribution is -2.05. The minimum atomic E-state index is 0.406. The van der Waals surface area contributed by atoms with E-state index in [0.717, 1.165) is 11.1 Å². The Balaban J connectivity index is 1.60. The van der Waals surface area contributed by atoms with E-state index in [9.17, 15) is 0 Å². The second kappa shape index (κ2) is 7.89. The van der Waals surface area contributed by atoms with Crippen molar-refractivity contribution in [3.63, 3.8) is 0 Å². The molecule has 0 bridgehead atoms. The standard InChI is InChI=1S/C21H22Cl2N2O/c22-17-10-5-11-18(23)20(17)26-14-16-9-6-12-25-19(16)13-24-21(25)15-7-3-1-2-4-8-15/h5-6,9-13,15H,1-4,7-8,14H2. The summed E-state index contributed by atoms with van der Waals surface area (Å²) in [6, 6.07) is 9.51. The molecule has 2 heterocycles. The summed E-state index contributed by atoms with van der Waals surface area (Å²) in [7, 11) is 0. The van der Waals surface area contributed by atoms with Gasteiger partial charge in [-0.25, -0.2) is 4.98 Å². The van der Waals surface area contributed by atoms with E-state index in [4.69, 9.17) is 32.9 Å². The first-order valence-electron chi connectivity index (χ1n) is 9.25. The van der Waals surface area contributed by atoms with Gasteiger partial charge in [0.05, 0.1) is 21.8 Å². The number of fused-ring (bicyclic) bond motifs is 1. The fraction of sp³-hybridized carbons (Fsp3) is 0.381. The largest absolute Gasteiger partial charge is 0.486 e. The second-order valence-electron chi connectivity index (χ2n) is 6.93. The Bertz CT molecular complexity index is 878. The van der Waals surface area contributed by atoms with Crippen LogP contribution in [0.25, 0.3) is 5.52 Å². The molecule has 0 radical (unpaired) electrons. The first kappa shape index (κ1) is 17.7. The molecule has 0 spiro atoms. The highest BCUT2D eigenvalue weighted by Crippen LogP contribution is 2.34. The van der Waals surface area contributed by atoms with E-state index in [-0.39, 0.29) is 0 Å². The number of halogens is 2. The predicted octanol–water partition coefficient (Wildman–Crippen LogP) is 6.66. The molecule has 0 aliphatic heterocycles. The van der Waals surface area contributed by atoms with Gasteiger partial charge in [-0.2, -0.15) is 0 Å². The molecule has 0 atom stereocenters. The summed E-state index contributed by atoms with van der Waals surface area (Å²) in [6.45, 7) is 0.406. The van der Waals surface area contributed by atoms with Crippen molar-refractivity contribution in [3.8, 4) is 5.75 Å². The molecule has 4 rings (SSSR count). The Hall–Kier alpha value is -1.71. The maximum atomic E-state index is 6.21. The Kier molecular flexibility index (Phi) is 5.37. The van der Waals surface area contributed by atoms with Crippen molar-refractivity contribution in [1.82, 2.24) is 9.38 Å². The van der Waals surface area contributed by atoms with Crippen LogP contribution in [0.4, 0.5) is 0 Å². The smallest absolute Gasteiger partial charge is 0.156 e. The van der Waals surface area contributed by atoms with Gasteiger partial charge in [-0.05, 0) is 31.0 Å². The first-order valence-corrected chi connectivity index (χ1v) is 10.0. The summed E-state index contributed by atoms with van der Waals surface area (Å²) >= 11 is 12.4. The minimum Gasteiger partial charge on any atom is -0.486 e. The fourth-order valence-corrected chi connectivity index (χ4v) is 4.34. The van der Waals surface area contributed by atoms with Crippen LogP contribution < -0.4 is 4.74 Å². The van der Waals surface area contributed by atoms with Gasteiger partial charge in [-0.3, -0.25) is 0 Å². The number of nitrogens with zero attached hydrogens (tertiary/aromatic N) is 2. The highest BCUT2D eigenvalue weighted by molar-refractivity contribution is 6.37. The van der Waals surface area contributed by atoms with E-state index in [2.05, 4.69) is 22.7 Å². The molecule has 5 heteroatoms. The monoisotopic (exact) mass is 388 g/mol. The minimum absolute atomic E-state index is 0.406. The topological polar surface area (TPSA) is 26.5 Å². The Morgan fingerprint density at radius 3 is 2.46 bits per heavy atom. The van der Waals surface area contributed by atoms with E-state index in [0.29, 0.717) is 28.3 Å². The van der Waals surface area contributed by atoms with Crippen LogP contribution in [0.5, 0.6) is 5.75 Å². The summed E-state index contributed by atoms with van der Waals surface area (Å²) in [4.78, 5) is 4.77. The van der Waals surface area contributed by atoms with Gasteiger partial charge in [0, 0.05) is 17.7 Å². The highest BCUT2D eigenvalue weighted by atomic mass is 35.5. The summed E-state index contributed by atoms with van der Waals surface area (Å²) in [5.74, 6) is 2.26. The number of aromatic nitrogens is 2. The van der Waals surface area contributed by atoms with Crippen LogP contribution in [0.15, 0.2) is 42.7 Å². The van der Waals surface area contributed by atoms with Gasteiger partial charge in [0.2, 0.25) is 0 Å². The molecule has 136 valence electrons. The van der Waals surface area contributed by atoms with Gasteiger partial charge in [0.1, 0.15) is 12.4 Å². The molecule has 1 aliphatic carbocycles. The number of ether oxygens (including phenoxy) is 1. The maximum absolute atomic E-state index is 6.21. The summed E-state index contributed by atoms with van der Waals surface area (Å²) < 4.78 is 8.16. The molecular formula is C21H22Cl2N2O. The Morgan fingerprint density at radius 2 is 1.73 bits per heavy atom. The highest BCUT2D eigenvalue weighted by Gasteiger charge is 2.19. The number of hydrogen-bond donors (Lipinski definition) is 0. The molecule has 1 saturated carbocycles. The normalized spacial score (nSPS) is 15.9. The SMILES string of the molecule is Clc1cccc(Cl)c1OCc1cccn2c(C3CCCCCC3)ncc12. The molecule has 3 aromatic rings. The van der Waals surface area contributed by atoms with Gasteiger partial charge >= 0.3 is 0 Å². The number of para-hydroxylation sites is 1. The third kappa shape index (κ3) is 3.56. The van der Waals surface area contributed by atoms with Crippen molar-refractivity contribution in [2.45, 2.75) is 51.0 Å². The zero-order valence-electron chi connectivity index (χ0n) is 14.6. The second-order valence-corrected chi connectivity index (χ2v) is 7.75. The molecule has 1 aromatic carbocycles. The summed E-state index contributed by atoms with van der Waals surface area (Å²) in [6.07, 6.45) is 11.8. The number of pyridine rings is 1. The average molecular weight is 389 g/mol. The van der Waals surface area contributed by atoms with E-state index in [1.54, 1.807) is 12.1 Å². The van der Waals surface area contributed by atoms with Crippen molar-refractivity contribution in [3.05, 3.63) is 64.2 Å². The van der Waals surface area contributed by atoms with E-state index in [1.165, 1.54) is 44.3 Å². The lowest BCUT2D eigenvalue weighted by Gasteiger charge is -2.14. The van der Waals surface area contributed by atoms with Crippen LogP contribution in [0.2, 0.25) is 10.0 Å². The van der Waals surface area contributed by atoms with Crippen LogP contribution in [0.1, 0.15) is 55.8 Å². The van der Waals surface area contributed by atoms with Crippen LogP contribution in [0, 0.1) is 0 Å². The van der Waals surface area contributed by atoms with Gasteiger partial charge in [0.15, 0.2) is 5.75 Å². The molecule has 0 amide bonds. The van der Waals surface area contributed by atoms with E-state index in [1.807, 2.05) is 12.3 Å². The van der Waals surface area contributed by atoms with Crippen molar-refractivity contribution < 1.29 is 4.74 Å². The predicted molar refractivity (Wildman–Crippen MR) is 106 cm³/mol. The van der Waals surface area contributed by atoms with E-state index < -0.39 is 0 Å².